The van der Waals surface area contributed by atoms with Crippen LogP contribution in [0.3, 0.4) is 0 Å². The fraction of sp³-hybridized carbons (Fsp3) is 0.600. The highest BCUT2D eigenvalue weighted by Crippen LogP contribution is 2.40. The van der Waals surface area contributed by atoms with Crippen molar-refractivity contribution in [3.63, 3.8) is 0 Å². The van der Waals surface area contributed by atoms with Crippen molar-refractivity contribution in [1.29, 1.82) is 0 Å². The first-order valence-electron chi connectivity index (χ1n) is 6.91. The molecule has 1 saturated carbocycles. The van der Waals surface area contributed by atoms with Gasteiger partial charge < -0.3 is 15.2 Å². The van der Waals surface area contributed by atoms with E-state index >= 15 is 0 Å². The maximum absolute atomic E-state index is 11.0. The highest BCUT2D eigenvalue weighted by molar-refractivity contribution is 5.44. The Hall–Kier alpha value is -1.06. The smallest absolute Gasteiger partial charge is 0.0919 e. The lowest BCUT2D eigenvalue weighted by molar-refractivity contribution is -0.137. The third kappa shape index (κ3) is 2.13. The fourth-order valence-electron chi connectivity index (χ4n) is 3.35. The molecular formula is C15H21NO2. The number of nitrogens with one attached hydrogen (secondary N) is 1. The highest BCUT2D eigenvalue weighted by Gasteiger charge is 2.47. The summed E-state index contributed by atoms with van der Waals surface area (Å²) in [6.45, 7) is 1.39. The van der Waals surface area contributed by atoms with Crippen molar-refractivity contribution in [3.8, 4) is 0 Å². The SMILES string of the molecule is O[C@]12CCOCC1CCCC2Nc1ccccc1. The predicted molar refractivity (Wildman–Crippen MR) is 71.6 cm³/mol. The van der Waals surface area contributed by atoms with Gasteiger partial charge in [0.25, 0.3) is 0 Å². The first-order valence-corrected chi connectivity index (χ1v) is 6.91. The molecule has 1 heterocycles. The molecule has 2 N–H and O–H groups in total. The molecule has 1 aromatic carbocycles. The van der Waals surface area contributed by atoms with Gasteiger partial charge in [0.1, 0.15) is 0 Å². The molecule has 1 aromatic rings. The van der Waals surface area contributed by atoms with Crippen LogP contribution in [0.2, 0.25) is 0 Å². The van der Waals surface area contributed by atoms with Crippen molar-refractivity contribution < 1.29 is 9.84 Å². The summed E-state index contributed by atoms with van der Waals surface area (Å²) >= 11 is 0. The standard InChI is InChI=1S/C15H21NO2/c17-15-9-10-18-11-12(15)5-4-8-14(15)16-13-6-2-1-3-7-13/h1-3,6-7,12,14,16-17H,4-5,8-11H2/t12?,14?,15-/m1/s1. The molecule has 0 radical (unpaired) electrons. The summed E-state index contributed by atoms with van der Waals surface area (Å²) in [5, 5.41) is 14.5. The first-order chi connectivity index (χ1) is 8.79. The predicted octanol–water partition coefficient (Wildman–Crippen LogP) is 2.42. The van der Waals surface area contributed by atoms with E-state index in [1.165, 1.54) is 6.42 Å². The summed E-state index contributed by atoms with van der Waals surface area (Å²) in [6, 6.07) is 10.3. The quantitative estimate of drug-likeness (QED) is 0.843. The van der Waals surface area contributed by atoms with E-state index in [0.717, 1.165) is 24.9 Å². The molecule has 98 valence electrons. The Morgan fingerprint density at radius 3 is 2.89 bits per heavy atom. The normalized spacial score (nSPS) is 35.8. The van der Waals surface area contributed by atoms with Crippen LogP contribution in [0.25, 0.3) is 0 Å². The summed E-state index contributed by atoms with van der Waals surface area (Å²) < 4.78 is 5.51. The number of hydrogen-bond donors (Lipinski definition) is 2. The van der Waals surface area contributed by atoms with Crippen molar-refractivity contribution in [2.75, 3.05) is 18.5 Å². The number of ether oxygens (including phenoxy) is 1. The van der Waals surface area contributed by atoms with Gasteiger partial charge in [0.05, 0.1) is 18.2 Å². The molecule has 3 atom stereocenters. The zero-order chi connectivity index (χ0) is 12.4. The van der Waals surface area contributed by atoms with Crippen molar-refractivity contribution in [3.05, 3.63) is 30.3 Å². The Balaban J connectivity index is 1.78. The molecule has 2 aliphatic rings. The Morgan fingerprint density at radius 1 is 1.22 bits per heavy atom. The van der Waals surface area contributed by atoms with Crippen LogP contribution in [0.5, 0.6) is 0 Å². The second kappa shape index (κ2) is 4.90. The molecule has 3 nitrogen and oxygen atoms in total. The number of anilines is 1. The Labute approximate surface area is 108 Å². The Morgan fingerprint density at radius 2 is 2.06 bits per heavy atom. The van der Waals surface area contributed by atoms with Gasteiger partial charge in [0, 0.05) is 24.6 Å². The van der Waals surface area contributed by atoms with Crippen LogP contribution in [0.1, 0.15) is 25.7 Å². The van der Waals surface area contributed by atoms with E-state index in [0.29, 0.717) is 19.1 Å². The molecule has 2 fully saturated rings. The minimum Gasteiger partial charge on any atom is -0.387 e. The van der Waals surface area contributed by atoms with E-state index in [4.69, 9.17) is 4.74 Å². The molecule has 1 aliphatic carbocycles. The summed E-state index contributed by atoms with van der Waals surface area (Å²) in [5.41, 5.74) is 0.509. The van der Waals surface area contributed by atoms with Gasteiger partial charge in [-0.3, -0.25) is 0 Å². The van der Waals surface area contributed by atoms with E-state index < -0.39 is 5.60 Å². The average molecular weight is 247 g/mol. The number of para-hydroxylation sites is 1. The second-order valence-corrected chi connectivity index (χ2v) is 5.51. The third-order valence-electron chi connectivity index (χ3n) is 4.44. The molecule has 0 bridgehead atoms. The van der Waals surface area contributed by atoms with Crippen molar-refractivity contribution in [2.24, 2.45) is 5.92 Å². The molecule has 0 aromatic heterocycles. The van der Waals surface area contributed by atoms with Gasteiger partial charge in [0.2, 0.25) is 0 Å². The third-order valence-corrected chi connectivity index (χ3v) is 4.44. The summed E-state index contributed by atoms with van der Waals surface area (Å²) in [6.07, 6.45) is 4.05. The van der Waals surface area contributed by atoms with Crippen LogP contribution in [-0.4, -0.2) is 30.0 Å². The van der Waals surface area contributed by atoms with Gasteiger partial charge in [-0.25, -0.2) is 0 Å². The number of hydrogen-bond acceptors (Lipinski definition) is 3. The van der Waals surface area contributed by atoms with Crippen LogP contribution < -0.4 is 5.32 Å². The monoisotopic (exact) mass is 247 g/mol. The maximum Gasteiger partial charge on any atom is 0.0919 e. The van der Waals surface area contributed by atoms with Crippen molar-refractivity contribution in [1.82, 2.24) is 0 Å². The summed E-state index contributed by atoms with van der Waals surface area (Å²) in [5.74, 6) is 0.293. The van der Waals surface area contributed by atoms with Gasteiger partial charge in [-0.05, 0) is 25.0 Å². The number of aliphatic hydroxyl groups is 1. The molecule has 2 unspecified atom stereocenters. The van der Waals surface area contributed by atoms with Crippen LogP contribution in [0.15, 0.2) is 30.3 Å². The molecule has 0 amide bonds. The van der Waals surface area contributed by atoms with Crippen molar-refractivity contribution in [2.45, 2.75) is 37.3 Å². The molecule has 3 rings (SSSR count). The van der Waals surface area contributed by atoms with E-state index in [1.807, 2.05) is 18.2 Å². The maximum atomic E-state index is 11.0. The van der Waals surface area contributed by atoms with E-state index in [2.05, 4.69) is 17.4 Å². The van der Waals surface area contributed by atoms with Gasteiger partial charge in [-0.15, -0.1) is 0 Å². The molecule has 18 heavy (non-hydrogen) atoms. The minimum atomic E-state index is -0.591. The Bertz CT molecular complexity index is 393. The van der Waals surface area contributed by atoms with Gasteiger partial charge in [0.15, 0.2) is 0 Å². The van der Waals surface area contributed by atoms with Crippen LogP contribution >= 0.6 is 0 Å². The van der Waals surface area contributed by atoms with Crippen molar-refractivity contribution >= 4 is 5.69 Å². The van der Waals surface area contributed by atoms with Gasteiger partial charge in [-0.2, -0.15) is 0 Å². The van der Waals surface area contributed by atoms with E-state index in [1.54, 1.807) is 0 Å². The minimum absolute atomic E-state index is 0.155. The van der Waals surface area contributed by atoms with E-state index in [9.17, 15) is 5.11 Å². The zero-order valence-corrected chi connectivity index (χ0v) is 10.6. The fourth-order valence-corrected chi connectivity index (χ4v) is 3.35. The molecule has 1 aliphatic heterocycles. The van der Waals surface area contributed by atoms with Crippen LogP contribution in [0, 0.1) is 5.92 Å². The summed E-state index contributed by atoms with van der Waals surface area (Å²) in [7, 11) is 0. The van der Waals surface area contributed by atoms with Crippen LogP contribution in [0.4, 0.5) is 5.69 Å². The number of rotatable bonds is 2. The van der Waals surface area contributed by atoms with E-state index in [-0.39, 0.29) is 6.04 Å². The van der Waals surface area contributed by atoms with Gasteiger partial charge >= 0.3 is 0 Å². The van der Waals surface area contributed by atoms with Crippen LogP contribution in [-0.2, 0) is 4.74 Å². The first kappa shape index (κ1) is 12.0. The molecule has 0 spiro atoms. The Kier molecular flexibility index (Phi) is 3.27. The lowest BCUT2D eigenvalue weighted by Crippen LogP contribution is -2.58. The number of benzene rings is 1. The number of fused-ring (bicyclic) bond motifs is 1. The zero-order valence-electron chi connectivity index (χ0n) is 10.6. The molecule has 1 saturated heterocycles. The molecular weight excluding hydrogens is 226 g/mol. The second-order valence-electron chi connectivity index (χ2n) is 5.51. The average Bonchev–Trinajstić information content (AvgIpc) is 2.41. The lowest BCUT2D eigenvalue weighted by atomic mass is 9.69. The lowest BCUT2D eigenvalue weighted by Gasteiger charge is -2.48. The largest absolute Gasteiger partial charge is 0.387 e. The summed E-state index contributed by atoms with van der Waals surface area (Å²) in [4.78, 5) is 0. The van der Waals surface area contributed by atoms with Gasteiger partial charge in [-0.1, -0.05) is 24.6 Å². The topological polar surface area (TPSA) is 41.5 Å². The molecule has 3 heteroatoms. The highest BCUT2D eigenvalue weighted by atomic mass is 16.5.